The van der Waals surface area contributed by atoms with E-state index in [0.717, 1.165) is 5.56 Å². The zero-order valence-electron chi connectivity index (χ0n) is 17.6. The molecule has 4 rings (SSSR count). The van der Waals surface area contributed by atoms with Gasteiger partial charge in [-0.1, -0.05) is 22.9 Å². The van der Waals surface area contributed by atoms with Crippen LogP contribution in [0.1, 0.15) is 11.3 Å². The van der Waals surface area contributed by atoms with E-state index in [1.54, 1.807) is 30.3 Å². The molecule has 1 aliphatic rings. The summed E-state index contributed by atoms with van der Waals surface area (Å²) in [6.45, 7) is 2.31. The number of methoxy groups -OCH3 is 1. The molecule has 0 radical (unpaired) electrons. The molecule has 32 heavy (non-hydrogen) atoms. The summed E-state index contributed by atoms with van der Waals surface area (Å²) in [5.74, 6) is 0.428. The number of hydrogen-bond donors (Lipinski definition) is 2. The summed E-state index contributed by atoms with van der Waals surface area (Å²) in [6, 6.07) is 12.6. The number of ether oxygens (including phenoxy) is 1. The number of sulfone groups is 1. The quantitative estimate of drug-likeness (QED) is 0.340. The van der Waals surface area contributed by atoms with Crippen LogP contribution >= 0.6 is 0 Å². The van der Waals surface area contributed by atoms with Crippen molar-refractivity contribution in [3.8, 4) is 5.75 Å². The topological polar surface area (TPSA) is 121 Å². The van der Waals surface area contributed by atoms with Crippen molar-refractivity contribution in [3.63, 3.8) is 0 Å². The van der Waals surface area contributed by atoms with Crippen molar-refractivity contribution in [2.75, 3.05) is 26.7 Å². The van der Waals surface area contributed by atoms with E-state index in [4.69, 9.17) is 9.15 Å². The van der Waals surface area contributed by atoms with Crippen molar-refractivity contribution in [2.24, 2.45) is 5.16 Å². The van der Waals surface area contributed by atoms with Gasteiger partial charge in [-0.25, -0.2) is 8.42 Å². The first-order valence-electron chi connectivity index (χ1n) is 9.92. The molecule has 2 heterocycles. The maximum absolute atomic E-state index is 14.0. The van der Waals surface area contributed by atoms with Crippen LogP contribution in [0.3, 0.4) is 0 Å². The normalized spacial score (nSPS) is 19.8. The lowest BCUT2D eigenvalue weighted by Crippen LogP contribution is -2.62. The molecule has 0 saturated carbocycles. The van der Waals surface area contributed by atoms with Crippen molar-refractivity contribution < 1.29 is 27.6 Å². The Balaban J connectivity index is 2.07. The summed E-state index contributed by atoms with van der Waals surface area (Å²) >= 11 is 0. The molecule has 3 aromatic rings. The highest BCUT2D eigenvalue weighted by Crippen LogP contribution is 2.40. The molecule has 1 saturated heterocycles. The number of carbonyl (C=O) groups is 1. The van der Waals surface area contributed by atoms with Gasteiger partial charge in [-0.05, 0) is 31.2 Å². The molecule has 2 aromatic carbocycles. The van der Waals surface area contributed by atoms with E-state index in [2.05, 4.69) is 10.5 Å². The highest BCUT2D eigenvalue weighted by atomic mass is 32.2. The van der Waals surface area contributed by atoms with Gasteiger partial charge in [-0.2, -0.15) is 0 Å². The van der Waals surface area contributed by atoms with Crippen molar-refractivity contribution in [1.82, 2.24) is 10.2 Å². The minimum Gasteiger partial charge on any atom is -0.497 e. The average Bonchev–Trinajstić information content (AvgIpc) is 2.82. The second-order valence-electron chi connectivity index (χ2n) is 7.53. The number of hydrogen-bond acceptors (Lipinski definition) is 8. The van der Waals surface area contributed by atoms with Crippen LogP contribution in [-0.4, -0.2) is 51.7 Å². The second-order valence-corrected chi connectivity index (χ2v) is 9.69. The number of fused-ring (bicyclic) bond motifs is 1. The molecule has 2 N–H and O–H groups in total. The maximum Gasteiger partial charge on any atom is 0.220 e. The van der Waals surface area contributed by atoms with Gasteiger partial charge in [0, 0.05) is 37.2 Å². The molecule has 9 nitrogen and oxygen atoms in total. The predicted molar refractivity (Wildman–Crippen MR) is 116 cm³/mol. The average molecular weight is 458 g/mol. The van der Waals surface area contributed by atoms with E-state index in [1.807, 2.05) is 6.92 Å². The fraction of sp³-hybridized carbons (Fsp3) is 0.273. The molecule has 1 aliphatic heterocycles. The van der Waals surface area contributed by atoms with Crippen molar-refractivity contribution in [3.05, 3.63) is 65.2 Å². The molecule has 1 aromatic heterocycles. The van der Waals surface area contributed by atoms with E-state index < -0.39 is 14.7 Å². The Morgan fingerprint density at radius 1 is 1.22 bits per heavy atom. The molecule has 10 heteroatoms. The lowest BCUT2D eigenvalue weighted by Gasteiger charge is -2.43. The van der Waals surface area contributed by atoms with E-state index in [0.29, 0.717) is 24.1 Å². The van der Waals surface area contributed by atoms with Crippen molar-refractivity contribution in [1.29, 1.82) is 0 Å². The Morgan fingerprint density at radius 3 is 2.62 bits per heavy atom. The Bertz CT molecular complexity index is 1330. The zero-order valence-corrected chi connectivity index (χ0v) is 18.4. The summed E-state index contributed by atoms with van der Waals surface area (Å²) in [5, 5.41) is 16.6. The number of rotatable bonds is 5. The second kappa shape index (κ2) is 8.29. The third-order valence-electron chi connectivity index (χ3n) is 5.71. The summed E-state index contributed by atoms with van der Waals surface area (Å²) in [5.41, 5.74) is 1.15. The Labute approximate surface area is 184 Å². The Kier molecular flexibility index (Phi) is 5.66. The number of nitrogens with one attached hydrogen (secondary N) is 1. The Morgan fingerprint density at radius 2 is 1.97 bits per heavy atom. The minimum absolute atomic E-state index is 0.0436. The highest BCUT2D eigenvalue weighted by molar-refractivity contribution is 7.92. The van der Waals surface area contributed by atoms with Gasteiger partial charge in [0.2, 0.25) is 21.1 Å². The molecular formula is C22H23N3O6S. The molecule has 1 amide bonds. The third kappa shape index (κ3) is 3.32. The van der Waals surface area contributed by atoms with Gasteiger partial charge in [-0.3, -0.25) is 4.79 Å². The van der Waals surface area contributed by atoms with E-state index in [-0.39, 0.29) is 34.7 Å². The smallest absolute Gasteiger partial charge is 0.220 e. The summed E-state index contributed by atoms with van der Waals surface area (Å²) < 4.78 is 39.4. The number of amides is 1. The third-order valence-corrected chi connectivity index (χ3v) is 8.07. The molecular weight excluding hydrogens is 434 g/mol. The number of carbonyl (C=O) groups excluding carboxylic acids is 1. The van der Waals surface area contributed by atoms with Gasteiger partial charge in [0.1, 0.15) is 22.5 Å². The number of aryl methyl sites for hydroxylation is 1. The maximum atomic E-state index is 14.0. The van der Waals surface area contributed by atoms with Crippen LogP contribution in [0.4, 0.5) is 0 Å². The first kappa shape index (κ1) is 21.8. The van der Waals surface area contributed by atoms with Crippen LogP contribution in [0.25, 0.3) is 11.0 Å². The van der Waals surface area contributed by atoms with Gasteiger partial charge in [0.25, 0.3) is 0 Å². The summed E-state index contributed by atoms with van der Waals surface area (Å²) in [6.07, 6.45) is 0.508. The minimum atomic E-state index is -4.18. The van der Waals surface area contributed by atoms with Gasteiger partial charge < -0.3 is 24.6 Å². The largest absolute Gasteiger partial charge is 0.497 e. The van der Waals surface area contributed by atoms with Crippen LogP contribution < -0.4 is 15.4 Å². The lowest BCUT2D eigenvalue weighted by molar-refractivity contribution is -0.123. The van der Waals surface area contributed by atoms with Crippen LogP contribution in [0, 0.1) is 6.92 Å². The number of piperazine rings is 1. The predicted octanol–water partition coefficient (Wildman–Crippen LogP) is 1.73. The van der Waals surface area contributed by atoms with Crippen LogP contribution in [-0.2, 0) is 19.5 Å². The fourth-order valence-corrected chi connectivity index (χ4v) is 5.94. The van der Waals surface area contributed by atoms with Crippen LogP contribution in [0.5, 0.6) is 5.75 Å². The molecule has 1 unspecified atom stereocenters. The monoisotopic (exact) mass is 457 g/mol. The van der Waals surface area contributed by atoms with Gasteiger partial charge in [0.15, 0.2) is 0 Å². The van der Waals surface area contributed by atoms with Crippen LogP contribution in [0.2, 0.25) is 0 Å². The Hall–Kier alpha value is -3.37. The number of benzene rings is 2. The summed E-state index contributed by atoms with van der Waals surface area (Å²) in [7, 11) is -2.69. The standard InChI is InChI=1S/C22H23N3O6S/c1-15-3-6-17(7-4-15)32(28,29)22(13-23-9-10-25(22)14-26)21-12-19(24-27)18-8-5-16(30-2)11-20(18)31-21/h3-8,11-12,14,23,27H,9-10,13H2,1-2H3/b24-19-. The van der Waals surface area contributed by atoms with Crippen LogP contribution in [0.15, 0.2) is 63.0 Å². The van der Waals surface area contributed by atoms with E-state index in [1.165, 1.54) is 30.2 Å². The zero-order chi connectivity index (χ0) is 22.9. The SMILES string of the molecule is COc1ccc2/c(=N\O)cc(C3(S(=O)(=O)c4ccc(C)cc4)CNCCN3C=O)oc2c1. The molecule has 0 spiro atoms. The van der Waals surface area contributed by atoms with E-state index in [9.17, 15) is 18.4 Å². The van der Waals surface area contributed by atoms with E-state index >= 15 is 0 Å². The number of nitrogens with zero attached hydrogens (tertiary/aromatic N) is 2. The van der Waals surface area contributed by atoms with Crippen molar-refractivity contribution >= 4 is 27.2 Å². The first-order chi connectivity index (χ1) is 15.4. The van der Waals surface area contributed by atoms with Gasteiger partial charge in [-0.15, -0.1) is 0 Å². The van der Waals surface area contributed by atoms with Gasteiger partial charge in [0.05, 0.1) is 12.0 Å². The molecule has 168 valence electrons. The summed E-state index contributed by atoms with van der Waals surface area (Å²) in [4.78, 5) is 11.5. The lowest BCUT2D eigenvalue weighted by atomic mass is 10.1. The van der Waals surface area contributed by atoms with Crippen molar-refractivity contribution in [2.45, 2.75) is 16.7 Å². The first-order valence-corrected chi connectivity index (χ1v) is 11.4. The molecule has 0 aliphatic carbocycles. The highest BCUT2D eigenvalue weighted by Gasteiger charge is 2.54. The molecule has 1 atom stereocenters. The molecule has 1 fully saturated rings. The fourth-order valence-electron chi connectivity index (χ4n) is 3.95. The molecule has 0 bridgehead atoms. The van der Waals surface area contributed by atoms with Gasteiger partial charge >= 0.3 is 0 Å².